The Kier molecular flexibility index (Phi) is 4.49. The van der Waals surface area contributed by atoms with E-state index in [0.29, 0.717) is 29.1 Å². The van der Waals surface area contributed by atoms with Crippen molar-refractivity contribution < 1.29 is 14.3 Å². The van der Waals surface area contributed by atoms with Gasteiger partial charge >= 0.3 is 0 Å². The molecule has 2 amide bonds. The van der Waals surface area contributed by atoms with Gasteiger partial charge in [0.25, 0.3) is 11.8 Å². The average molecular weight is 356 g/mol. The summed E-state index contributed by atoms with van der Waals surface area (Å²) in [6, 6.07) is 20.2. The Morgan fingerprint density at radius 2 is 1.59 bits per heavy atom. The number of benzene rings is 2. The summed E-state index contributed by atoms with van der Waals surface area (Å²) in [6.07, 6.45) is 3.49. The minimum absolute atomic E-state index is 0.369. The van der Waals surface area contributed by atoms with Crippen molar-refractivity contribution in [2.45, 2.75) is 6.61 Å². The Bertz CT molecular complexity index is 1020. The van der Waals surface area contributed by atoms with Crippen molar-refractivity contribution >= 4 is 23.5 Å². The number of nitrogens with one attached hydrogen (secondary N) is 1. The summed E-state index contributed by atoms with van der Waals surface area (Å²) in [5.74, 6) is -0.0494. The van der Waals surface area contributed by atoms with Gasteiger partial charge in [-0.3, -0.25) is 19.9 Å². The highest BCUT2D eigenvalue weighted by Gasteiger charge is 2.26. The number of carbonyl (C=O) groups excluding carboxylic acids is 2. The number of pyridine rings is 1. The molecule has 0 atom stereocenters. The van der Waals surface area contributed by atoms with Gasteiger partial charge in [-0.05, 0) is 47.5 Å². The molecule has 0 bridgehead atoms. The van der Waals surface area contributed by atoms with Gasteiger partial charge in [-0.25, -0.2) is 0 Å². The van der Waals surface area contributed by atoms with E-state index >= 15 is 0 Å². The standard InChI is InChI=1S/C22H16N2O3/c25-21-19-7-2-1-6-18(19)20(22(26)24-21)13-15-8-10-17(11-9-15)27-14-16-5-3-4-12-23-16/h1-13H,14H2,(H,24,25,26)/b20-13+. The van der Waals surface area contributed by atoms with Gasteiger partial charge in [0.1, 0.15) is 12.4 Å². The van der Waals surface area contributed by atoms with Crippen LogP contribution in [0.4, 0.5) is 0 Å². The molecule has 1 aliphatic heterocycles. The number of amides is 2. The minimum atomic E-state index is -0.394. The summed E-state index contributed by atoms with van der Waals surface area (Å²) in [4.78, 5) is 28.4. The normalized spacial score (nSPS) is 14.6. The Morgan fingerprint density at radius 3 is 2.33 bits per heavy atom. The molecule has 4 rings (SSSR count). The molecule has 2 aromatic carbocycles. The fourth-order valence-electron chi connectivity index (χ4n) is 2.89. The third-order valence-electron chi connectivity index (χ3n) is 4.24. The van der Waals surface area contributed by atoms with Gasteiger partial charge in [0, 0.05) is 17.3 Å². The molecule has 0 unspecified atom stereocenters. The van der Waals surface area contributed by atoms with Crippen LogP contribution in [-0.2, 0) is 11.4 Å². The van der Waals surface area contributed by atoms with Crippen LogP contribution in [0.1, 0.15) is 27.2 Å². The smallest absolute Gasteiger partial charge is 0.258 e. The first-order chi connectivity index (χ1) is 13.2. The third kappa shape index (κ3) is 3.62. The monoisotopic (exact) mass is 356 g/mol. The quantitative estimate of drug-likeness (QED) is 0.574. The summed E-state index contributed by atoms with van der Waals surface area (Å²) < 4.78 is 5.72. The van der Waals surface area contributed by atoms with E-state index in [0.717, 1.165) is 11.3 Å². The van der Waals surface area contributed by atoms with Crippen LogP contribution in [0.15, 0.2) is 72.9 Å². The van der Waals surface area contributed by atoms with Crippen LogP contribution in [0.25, 0.3) is 11.6 Å². The summed E-state index contributed by atoms with van der Waals surface area (Å²) in [6.45, 7) is 0.388. The van der Waals surface area contributed by atoms with E-state index in [9.17, 15) is 9.59 Å². The van der Waals surface area contributed by atoms with Crippen LogP contribution in [0, 0.1) is 0 Å². The van der Waals surface area contributed by atoms with Crippen molar-refractivity contribution in [3.8, 4) is 5.75 Å². The lowest BCUT2D eigenvalue weighted by atomic mass is 9.93. The van der Waals surface area contributed by atoms with Crippen LogP contribution in [0.3, 0.4) is 0 Å². The van der Waals surface area contributed by atoms with Crippen molar-refractivity contribution in [2.75, 3.05) is 0 Å². The molecule has 1 aromatic heterocycles. The minimum Gasteiger partial charge on any atom is -0.487 e. The summed E-state index contributed by atoms with van der Waals surface area (Å²) in [7, 11) is 0. The van der Waals surface area contributed by atoms with Crippen LogP contribution in [-0.4, -0.2) is 16.8 Å². The fraction of sp³-hybridized carbons (Fsp3) is 0.0455. The molecule has 5 nitrogen and oxygen atoms in total. The van der Waals surface area contributed by atoms with E-state index < -0.39 is 5.91 Å². The zero-order valence-electron chi connectivity index (χ0n) is 14.4. The van der Waals surface area contributed by atoms with E-state index in [1.807, 2.05) is 48.5 Å². The number of hydrogen-bond acceptors (Lipinski definition) is 4. The summed E-state index contributed by atoms with van der Waals surface area (Å²) >= 11 is 0. The van der Waals surface area contributed by atoms with Crippen molar-refractivity contribution in [1.82, 2.24) is 10.3 Å². The molecule has 0 saturated carbocycles. The second kappa shape index (κ2) is 7.25. The zero-order valence-corrected chi connectivity index (χ0v) is 14.4. The first-order valence-electron chi connectivity index (χ1n) is 8.50. The highest BCUT2D eigenvalue weighted by molar-refractivity contribution is 6.33. The SMILES string of the molecule is O=C1NC(=O)c2ccccc2/C1=C\c1ccc(OCc2ccccn2)cc1. The van der Waals surface area contributed by atoms with Crippen LogP contribution < -0.4 is 10.1 Å². The molecule has 0 fully saturated rings. The maximum atomic E-state index is 12.3. The topological polar surface area (TPSA) is 68.3 Å². The molecule has 0 saturated heterocycles. The fourth-order valence-corrected chi connectivity index (χ4v) is 2.89. The molecule has 0 radical (unpaired) electrons. The van der Waals surface area contributed by atoms with Gasteiger partial charge in [-0.2, -0.15) is 0 Å². The molecular formula is C22H16N2O3. The summed E-state index contributed by atoms with van der Waals surface area (Å²) in [5, 5.41) is 2.38. The Labute approximate surface area is 156 Å². The average Bonchev–Trinajstić information content (AvgIpc) is 2.71. The lowest BCUT2D eigenvalue weighted by Crippen LogP contribution is -2.36. The number of rotatable bonds is 4. The first kappa shape index (κ1) is 16.7. The van der Waals surface area contributed by atoms with E-state index in [2.05, 4.69) is 10.3 Å². The molecule has 2 heterocycles. The predicted molar refractivity (Wildman–Crippen MR) is 102 cm³/mol. The van der Waals surface area contributed by atoms with Crippen molar-refractivity contribution in [3.63, 3.8) is 0 Å². The van der Waals surface area contributed by atoms with E-state index in [1.165, 1.54) is 0 Å². The molecule has 132 valence electrons. The molecule has 0 aliphatic carbocycles. The maximum Gasteiger partial charge on any atom is 0.258 e. The maximum absolute atomic E-state index is 12.3. The number of carbonyl (C=O) groups is 2. The van der Waals surface area contributed by atoms with Crippen molar-refractivity contribution in [2.24, 2.45) is 0 Å². The number of aromatic nitrogens is 1. The zero-order chi connectivity index (χ0) is 18.6. The second-order valence-corrected chi connectivity index (χ2v) is 6.07. The van der Waals surface area contributed by atoms with E-state index in [4.69, 9.17) is 4.74 Å². The van der Waals surface area contributed by atoms with Crippen LogP contribution >= 0.6 is 0 Å². The van der Waals surface area contributed by atoms with Gasteiger partial charge in [0.05, 0.1) is 5.69 Å². The molecular weight excluding hydrogens is 340 g/mol. The van der Waals surface area contributed by atoms with Crippen molar-refractivity contribution in [1.29, 1.82) is 0 Å². The largest absolute Gasteiger partial charge is 0.487 e. The Morgan fingerprint density at radius 1 is 0.852 bits per heavy atom. The second-order valence-electron chi connectivity index (χ2n) is 6.07. The van der Waals surface area contributed by atoms with Gasteiger partial charge in [0.15, 0.2) is 0 Å². The predicted octanol–water partition coefficient (Wildman–Crippen LogP) is 3.47. The Hall–Kier alpha value is -3.73. The number of imide groups is 1. The third-order valence-corrected chi connectivity index (χ3v) is 4.24. The first-order valence-corrected chi connectivity index (χ1v) is 8.50. The number of fused-ring (bicyclic) bond motifs is 1. The number of hydrogen-bond donors (Lipinski definition) is 1. The lowest BCUT2D eigenvalue weighted by Gasteiger charge is -2.18. The molecule has 1 aliphatic rings. The van der Waals surface area contributed by atoms with Gasteiger partial charge < -0.3 is 4.74 Å². The van der Waals surface area contributed by atoms with E-state index in [1.54, 1.807) is 30.5 Å². The summed E-state index contributed by atoms with van der Waals surface area (Å²) in [5.41, 5.74) is 3.30. The number of ether oxygens (including phenoxy) is 1. The van der Waals surface area contributed by atoms with Gasteiger partial charge in [-0.15, -0.1) is 0 Å². The molecule has 0 spiro atoms. The van der Waals surface area contributed by atoms with Crippen LogP contribution in [0.2, 0.25) is 0 Å². The van der Waals surface area contributed by atoms with Gasteiger partial charge in [-0.1, -0.05) is 36.4 Å². The van der Waals surface area contributed by atoms with E-state index in [-0.39, 0.29) is 5.91 Å². The molecule has 27 heavy (non-hydrogen) atoms. The molecule has 3 aromatic rings. The Balaban J connectivity index is 1.55. The molecule has 5 heteroatoms. The van der Waals surface area contributed by atoms with Crippen molar-refractivity contribution in [3.05, 3.63) is 95.3 Å². The highest BCUT2D eigenvalue weighted by Crippen LogP contribution is 2.26. The van der Waals surface area contributed by atoms with Gasteiger partial charge in [0.2, 0.25) is 0 Å². The lowest BCUT2D eigenvalue weighted by molar-refractivity contribution is -0.114. The number of nitrogens with zero attached hydrogens (tertiary/aromatic N) is 1. The highest BCUT2D eigenvalue weighted by atomic mass is 16.5. The molecule has 1 N–H and O–H groups in total. The van der Waals surface area contributed by atoms with Crippen LogP contribution in [0.5, 0.6) is 5.75 Å².